The third-order valence-corrected chi connectivity index (χ3v) is 5.23. The molecule has 15 heteroatoms. The number of carboxylic acids is 2. The maximum Gasteiger partial charge on any atom is 0.490 e. The quantitative estimate of drug-likeness (QED) is 0.494. The van der Waals surface area contributed by atoms with Gasteiger partial charge in [0.1, 0.15) is 0 Å². The molecule has 182 valence electrons. The summed E-state index contributed by atoms with van der Waals surface area (Å²) in [5.41, 5.74) is -0.290. The van der Waals surface area contributed by atoms with E-state index in [0.717, 1.165) is 18.3 Å². The van der Waals surface area contributed by atoms with Crippen LogP contribution in [-0.2, 0) is 14.8 Å². The van der Waals surface area contributed by atoms with Crippen molar-refractivity contribution in [2.75, 3.05) is 22.7 Å². The molecular weight excluding hydrogens is 481 g/mol. The van der Waals surface area contributed by atoms with E-state index >= 15 is 0 Å². The number of carbonyl (C=O) groups is 2. The number of rotatable bonds is 7. The highest BCUT2D eigenvalue weighted by atomic mass is 32.2. The Kier molecular flexibility index (Phi) is 9.09. The monoisotopic (exact) mass is 499 g/mol. The maximum atomic E-state index is 13.4. The van der Waals surface area contributed by atoms with E-state index < -0.39 is 44.7 Å². The summed E-state index contributed by atoms with van der Waals surface area (Å²) in [5.74, 6) is -6.30. The van der Waals surface area contributed by atoms with Gasteiger partial charge in [0.15, 0.2) is 17.5 Å². The van der Waals surface area contributed by atoms with Crippen LogP contribution in [0.2, 0.25) is 0 Å². The first-order valence-corrected chi connectivity index (χ1v) is 10.4. The number of aromatic carboxylic acids is 1. The number of alkyl halides is 3. The number of benzene rings is 1. The van der Waals surface area contributed by atoms with Crippen LogP contribution in [0.4, 0.5) is 33.5 Å². The molecule has 1 aromatic heterocycles. The molecule has 0 aliphatic heterocycles. The van der Waals surface area contributed by atoms with Crippen molar-refractivity contribution >= 4 is 33.5 Å². The number of nitrogens with one attached hydrogen (secondary N) is 1. The SMILES string of the molecule is CCN(CC)c1ncc(C(=O)O)cc1NS(=O)(=O)c1ccc(F)c(F)c1.O=C(O)C(F)(F)F. The van der Waals surface area contributed by atoms with E-state index in [9.17, 15) is 35.2 Å². The number of hydrogen-bond acceptors (Lipinski definition) is 6. The van der Waals surface area contributed by atoms with Gasteiger partial charge < -0.3 is 15.1 Å². The number of nitrogens with zero attached hydrogens (tertiary/aromatic N) is 2. The normalized spacial score (nSPS) is 11.2. The Morgan fingerprint density at radius 3 is 2.03 bits per heavy atom. The smallest absolute Gasteiger partial charge is 0.478 e. The average molecular weight is 499 g/mol. The Hall–Kier alpha value is -3.49. The lowest BCUT2D eigenvalue weighted by atomic mass is 10.2. The highest BCUT2D eigenvalue weighted by molar-refractivity contribution is 7.92. The molecule has 0 fully saturated rings. The lowest BCUT2D eigenvalue weighted by Crippen LogP contribution is -2.25. The second-order valence-electron chi connectivity index (χ2n) is 6.06. The number of halogens is 5. The average Bonchev–Trinajstić information content (AvgIpc) is 2.71. The van der Waals surface area contributed by atoms with Crippen molar-refractivity contribution < 1.29 is 50.2 Å². The summed E-state index contributed by atoms with van der Waals surface area (Å²) in [6.07, 6.45) is -3.97. The molecule has 0 aliphatic rings. The largest absolute Gasteiger partial charge is 0.490 e. The summed E-state index contributed by atoms with van der Waals surface area (Å²) in [7, 11) is -4.28. The fraction of sp³-hybridized carbons (Fsp3) is 0.278. The van der Waals surface area contributed by atoms with Crippen molar-refractivity contribution in [3.63, 3.8) is 0 Å². The molecule has 0 saturated carbocycles. The molecular formula is C18H18F5N3O6S. The molecule has 1 heterocycles. The zero-order valence-electron chi connectivity index (χ0n) is 17.0. The maximum absolute atomic E-state index is 13.4. The van der Waals surface area contributed by atoms with E-state index in [4.69, 9.17) is 15.0 Å². The van der Waals surface area contributed by atoms with Gasteiger partial charge in [-0.15, -0.1) is 0 Å². The number of carboxylic acid groups (broad SMARTS) is 2. The van der Waals surface area contributed by atoms with Crippen LogP contribution < -0.4 is 9.62 Å². The highest BCUT2D eigenvalue weighted by Gasteiger charge is 2.38. The van der Waals surface area contributed by atoms with E-state index in [1.165, 1.54) is 0 Å². The number of pyridine rings is 1. The van der Waals surface area contributed by atoms with Crippen LogP contribution in [0.5, 0.6) is 0 Å². The third kappa shape index (κ3) is 7.55. The number of aromatic nitrogens is 1. The van der Waals surface area contributed by atoms with E-state index in [1.807, 2.05) is 13.8 Å². The molecule has 0 aliphatic carbocycles. The zero-order chi connectivity index (χ0) is 25.6. The second-order valence-corrected chi connectivity index (χ2v) is 7.74. The Balaban J connectivity index is 0.000000675. The summed E-state index contributed by atoms with van der Waals surface area (Å²) < 4.78 is 85.4. The fourth-order valence-electron chi connectivity index (χ4n) is 2.27. The van der Waals surface area contributed by atoms with Crippen LogP contribution in [-0.4, -0.2) is 54.8 Å². The molecule has 1 aromatic carbocycles. The molecule has 0 atom stereocenters. The van der Waals surface area contributed by atoms with Gasteiger partial charge in [0.2, 0.25) is 0 Å². The van der Waals surface area contributed by atoms with Gasteiger partial charge in [-0.1, -0.05) is 0 Å². The summed E-state index contributed by atoms with van der Waals surface area (Å²) in [4.78, 5) is 25.3. The van der Waals surface area contributed by atoms with Gasteiger partial charge in [-0.3, -0.25) is 4.72 Å². The van der Waals surface area contributed by atoms with Gasteiger partial charge >= 0.3 is 18.1 Å². The second kappa shape index (κ2) is 10.9. The molecule has 2 aromatic rings. The first-order valence-electron chi connectivity index (χ1n) is 8.90. The predicted molar refractivity (Wildman–Crippen MR) is 106 cm³/mol. The van der Waals surface area contributed by atoms with E-state index in [2.05, 4.69) is 9.71 Å². The lowest BCUT2D eigenvalue weighted by Gasteiger charge is -2.23. The Morgan fingerprint density at radius 2 is 1.61 bits per heavy atom. The predicted octanol–water partition coefficient (Wildman–Crippen LogP) is 3.34. The van der Waals surface area contributed by atoms with Gasteiger partial charge in [0, 0.05) is 19.3 Å². The molecule has 9 nitrogen and oxygen atoms in total. The van der Waals surface area contributed by atoms with Crippen molar-refractivity contribution in [1.29, 1.82) is 0 Å². The van der Waals surface area contributed by atoms with Gasteiger partial charge in [-0.2, -0.15) is 13.2 Å². The Morgan fingerprint density at radius 1 is 1.06 bits per heavy atom. The van der Waals surface area contributed by atoms with Crippen LogP contribution in [0.3, 0.4) is 0 Å². The van der Waals surface area contributed by atoms with E-state index in [-0.39, 0.29) is 17.1 Å². The molecule has 0 radical (unpaired) electrons. The highest BCUT2D eigenvalue weighted by Crippen LogP contribution is 2.27. The summed E-state index contributed by atoms with van der Waals surface area (Å²) in [6, 6.07) is 3.27. The van der Waals surface area contributed by atoms with Crippen LogP contribution in [0.1, 0.15) is 24.2 Å². The number of sulfonamides is 1. The van der Waals surface area contributed by atoms with Crippen molar-refractivity contribution in [3.05, 3.63) is 47.7 Å². The standard InChI is InChI=1S/C16H17F2N3O4S.C2HF3O2/c1-3-21(4-2)15-14(7-10(9-19-15)16(22)23)20-26(24,25)11-5-6-12(17)13(18)8-11;3-2(4,5)1(6)7/h5-9,20H,3-4H2,1-2H3,(H,22,23);(H,6,7). The molecule has 0 saturated heterocycles. The van der Waals surface area contributed by atoms with Gasteiger partial charge in [0.05, 0.1) is 16.1 Å². The minimum absolute atomic E-state index is 0.0710. The van der Waals surface area contributed by atoms with Crippen LogP contribution in [0.15, 0.2) is 35.4 Å². The van der Waals surface area contributed by atoms with E-state index in [1.54, 1.807) is 4.90 Å². The molecule has 0 spiro atoms. The Bertz CT molecular complexity index is 1120. The summed E-state index contributed by atoms with van der Waals surface area (Å²) in [5, 5.41) is 16.2. The number of anilines is 2. The first-order chi connectivity index (χ1) is 15.1. The topological polar surface area (TPSA) is 137 Å². The minimum atomic E-state index is -5.08. The Labute approximate surface area is 184 Å². The van der Waals surface area contributed by atoms with E-state index in [0.29, 0.717) is 25.2 Å². The first kappa shape index (κ1) is 27.5. The lowest BCUT2D eigenvalue weighted by molar-refractivity contribution is -0.192. The summed E-state index contributed by atoms with van der Waals surface area (Å²) in [6.45, 7) is 4.64. The van der Waals surface area contributed by atoms with Crippen molar-refractivity contribution in [2.45, 2.75) is 24.9 Å². The molecule has 0 amide bonds. The van der Waals surface area contributed by atoms with Crippen molar-refractivity contribution in [1.82, 2.24) is 4.98 Å². The third-order valence-electron chi connectivity index (χ3n) is 3.86. The number of hydrogen-bond donors (Lipinski definition) is 3. The minimum Gasteiger partial charge on any atom is -0.478 e. The van der Waals surface area contributed by atoms with Crippen molar-refractivity contribution in [2.24, 2.45) is 0 Å². The molecule has 2 rings (SSSR count). The zero-order valence-corrected chi connectivity index (χ0v) is 17.8. The van der Waals surface area contributed by atoms with Crippen LogP contribution >= 0.6 is 0 Å². The fourth-order valence-corrected chi connectivity index (χ4v) is 3.34. The molecule has 33 heavy (non-hydrogen) atoms. The van der Waals surface area contributed by atoms with Gasteiger partial charge in [-0.25, -0.2) is 31.8 Å². The summed E-state index contributed by atoms with van der Waals surface area (Å²) >= 11 is 0. The van der Waals surface area contributed by atoms with Crippen LogP contribution in [0, 0.1) is 11.6 Å². The molecule has 3 N–H and O–H groups in total. The molecule has 0 unspecified atom stereocenters. The van der Waals surface area contributed by atoms with Gasteiger partial charge in [-0.05, 0) is 38.1 Å². The number of aliphatic carboxylic acids is 1. The van der Waals surface area contributed by atoms with Crippen LogP contribution in [0.25, 0.3) is 0 Å². The van der Waals surface area contributed by atoms with Gasteiger partial charge in [0.25, 0.3) is 10.0 Å². The van der Waals surface area contributed by atoms with Crippen molar-refractivity contribution in [3.8, 4) is 0 Å². The molecule has 0 bridgehead atoms.